The fourth-order valence-corrected chi connectivity index (χ4v) is 2.62. The van der Waals surface area contributed by atoms with Gasteiger partial charge in [-0.25, -0.2) is 4.98 Å². The lowest BCUT2D eigenvalue weighted by Crippen LogP contribution is -2.48. The Morgan fingerprint density at radius 2 is 2.24 bits per heavy atom. The lowest BCUT2D eigenvalue weighted by atomic mass is 9.99. The van der Waals surface area contributed by atoms with Crippen LogP contribution in [0.2, 0.25) is 0 Å². The number of carbonyl (C=O) groups is 1. The van der Waals surface area contributed by atoms with Gasteiger partial charge < -0.3 is 5.11 Å². The number of fused-ring (bicyclic) bond motifs is 1. The normalized spacial score (nSPS) is 14.2. The third-order valence-electron chi connectivity index (χ3n) is 3.48. The highest BCUT2D eigenvalue weighted by Crippen LogP contribution is 2.13. The first-order valence-corrected chi connectivity index (χ1v) is 7.58. The summed E-state index contributed by atoms with van der Waals surface area (Å²) >= 11 is 1.37. The van der Waals surface area contributed by atoms with E-state index in [1.165, 1.54) is 21.9 Å². The lowest BCUT2D eigenvalue weighted by Gasteiger charge is -2.24. The molecular formula is C13H18N4O3S. The molecule has 7 nitrogen and oxygen atoms in total. The van der Waals surface area contributed by atoms with Crippen LogP contribution in [0.5, 0.6) is 0 Å². The highest BCUT2D eigenvalue weighted by molar-refractivity contribution is 7.16. The molecule has 2 heterocycles. The van der Waals surface area contributed by atoms with Gasteiger partial charge in [-0.2, -0.15) is 9.61 Å². The van der Waals surface area contributed by atoms with E-state index in [1.54, 1.807) is 13.8 Å². The topological polar surface area (TPSA) is 96.6 Å². The fraction of sp³-hybridized carbons (Fsp3) is 0.538. The molecule has 0 bridgehead atoms. The van der Waals surface area contributed by atoms with Crippen LogP contribution in [0.4, 0.5) is 0 Å². The zero-order valence-corrected chi connectivity index (χ0v) is 13.0. The molecule has 0 radical (unpaired) electrons. The molecule has 2 rings (SSSR count). The lowest BCUT2D eigenvalue weighted by molar-refractivity contribution is -0.144. The SMILES string of the molecule is CCc1nn2c(=O)cc(CNC(C)(CC)C(=O)O)nc2s1. The van der Waals surface area contributed by atoms with E-state index in [0.29, 0.717) is 17.1 Å². The van der Waals surface area contributed by atoms with Gasteiger partial charge in [0.05, 0.1) is 5.69 Å². The Labute approximate surface area is 125 Å². The first-order valence-electron chi connectivity index (χ1n) is 6.76. The van der Waals surface area contributed by atoms with Crippen molar-refractivity contribution in [2.45, 2.75) is 45.7 Å². The summed E-state index contributed by atoms with van der Waals surface area (Å²) in [4.78, 5) is 28.1. The molecule has 8 heteroatoms. The molecule has 0 saturated carbocycles. The Bertz CT molecular complexity index is 724. The summed E-state index contributed by atoms with van der Waals surface area (Å²) in [6.45, 7) is 5.60. The van der Waals surface area contributed by atoms with E-state index in [-0.39, 0.29) is 12.1 Å². The molecule has 0 spiro atoms. The summed E-state index contributed by atoms with van der Waals surface area (Å²) < 4.78 is 1.28. The quantitative estimate of drug-likeness (QED) is 0.828. The minimum Gasteiger partial charge on any atom is -0.480 e. The van der Waals surface area contributed by atoms with Crippen molar-refractivity contribution in [2.75, 3.05) is 0 Å². The summed E-state index contributed by atoms with van der Waals surface area (Å²) in [5.74, 6) is -0.922. The average molecular weight is 310 g/mol. The van der Waals surface area contributed by atoms with E-state index in [0.717, 1.165) is 11.4 Å². The van der Waals surface area contributed by atoms with E-state index < -0.39 is 11.5 Å². The van der Waals surface area contributed by atoms with Crippen LogP contribution >= 0.6 is 11.3 Å². The largest absolute Gasteiger partial charge is 0.480 e. The van der Waals surface area contributed by atoms with Crippen LogP contribution in [-0.4, -0.2) is 31.2 Å². The summed E-state index contributed by atoms with van der Waals surface area (Å²) in [7, 11) is 0. The molecule has 2 aromatic rings. The van der Waals surface area contributed by atoms with Crippen molar-refractivity contribution in [2.24, 2.45) is 0 Å². The molecule has 21 heavy (non-hydrogen) atoms. The van der Waals surface area contributed by atoms with Crippen LogP contribution in [0, 0.1) is 0 Å². The Balaban J connectivity index is 2.27. The van der Waals surface area contributed by atoms with Gasteiger partial charge in [0.15, 0.2) is 0 Å². The average Bonchev–Trinajstić information content (AvgIpc) is 2.88. The number of carboxylic acids is 1. The van der Waals surface area contributed by atoms with Crippen molar-refractivity contribution < 1.29 is 9.90 Å². The second kappa shape index (κ2) is 5.90. The monoisotopic (exact) mass is 310 g/mol. The fourth-order valence-electron chi connectivity index (χ4n) is 1.77. The highest BCUT2D eigenvalue weighted by Gasteiger charge is 2.30. The van der Waals surface area contributed by atoms with Gasteiger partial charge in [-0.1, -0.05) is 25.2 Å². The summed E-state index contributed by atoms with van der Waals surface area (Å²) in [6, 6.07) is 1.39. The summed E-state index contributed by atoms with van der Waals surface area (Å²) in [6.07, 6.45) is 1.18. The molecule has 114 valence electrons. The number of rotatable bonds is 6. The summed E-state index contributed by atoms with van der Waals surface area (Å²) in [5.41, 5.74) is -0.761. The highest BCUT2D eigenvalue weighted by atomic mass is 32.1. The van der Waals surface area contributed by atoms with Crippen LogP contribution in [0.3, 0.4) is 0 Å². The first-order chi connectivity index (χ1) is 9.89. The van der Waals surface area contributed by atoms with E-state index in [4.69, 9.17) is 0 Å². The van der Waals surface area contributed by atoms with Crippen molar-refractivity contribution in [3.63, 3.8) is 0 Å². The van der Waals surface area contributed by atoms with Crippen molar-refractivity contribution in [1.82, 2.24) is 19.9 Å². The standard InChI is InChI=1S/C13H18N4O3S/c1-4-9-16-17-10(18)6-8(15-12(17)21-9)7-14-13(3,5-2)11(19)20/h6,14H,4-5,7H2,1-3H3,(H,19,20). The Morgan fingerprint density at radius 3 is 2.81 bits per heavy atom. The van der Waals surface area contributed by atoms with Crippen molar-refractivity contribution >= 4 is 22.3 Å². The van der Waals surface area contributed by atoms with Gasteiger partial charge in [-0.3, -0.25) is 14.9 Å². The van der Waals surface area contributed by atoms with Crippen LogP contribution in [0.1, 0.15) is 37.9 Å². The first kappa shape index (κ1) is 15.6. The molecule has 1 atom stereocenters. The molecule has 0 amide bonds. The minimum atomic E-state index is -1.03. The number of nitrogens with one attached hydrogen (secondary N) is 1. The molecule has 2 aromatic heterocycles. The van der Waals surface area contributed by atoms with Gasteiger partial charge in [-0.05, 0) is 19.8 Å². The van der Waals surface area contributed by atoms with Gasteiger partial charge in [-0.15, -0.1) is 0 Å². The number of carboxylic acid groups (broad SMARTS) is 1. The maximum absolute atomic E-state index is 12.0. The van der Waals surface area contributed by atoms with E-state index >= 15 is 0 Å². The number of aryl methyl sites for hydroxylation is 1. The number of hydrogen-bond acceptors (Lipinski definition) is 6. The summed E-state index contributed by atoms with van der Waals surface area (Å²) in [5, 5.41) is 17.2. The zero-order chi connectivity index (χ0) is 15.6. The molecule has 0 aliphatic rings. The number of aliphatic carboxylic acids is 1. The number of aromatic nitrogens is 3. The van der Waals surface area contributed by atoms with Gasteiger partial charge in [0.25, 0.3) is 5.56 Å². The van der Waals surface area contributed by atoms with Crippen LogP contribution in [0.25, 0.3) is 4.96 Å². The van der Waals surface area contributed by atoms with Crippen LogP contribution in [0.15, 0.2) is 10.9 Å². The van der Waals surface area contributed by atoms with Crippen molar-refractivity contribution in [1.29, 1.82) is 0 Å². The van der Waals surface area contributed by atoms with Crippen molar-refractivity contribution in [3.8, 4) is 0 Å². The van der Waals surface area contributed by atoms with Gasteiger partial charge in [0, 0.05) is 12.6 Å². The van der Waals surface area contributed by atoms with E-state index in [1.807, 2.05) is 6.92 Å². The third-order valence-corrected chi connectivity index (χ3v) is 4.53. The second-order valence-electron chi connectivity index (χ2n) is 4.97. The van der Waals surface area contributed by atoms with Crippen molar-refractivity contribution in [3.05, 3.63) is 27.1 Å². The number of nitrogens with zero attached hydrogens (tertiary/aromatic N) is 3. The maximum Gasteiger partial charge on any atom is 0.323 e. The van der Waals surface area contributed by atoms with Crippen LogP contribution in [-0.2, 0) is 17.8 Å². The molecular weight excluding hydrogens is 292 g/mol. The zero-order valence-electron chi connectivity index (χ0n) is 12.2. The molecule has 0 aliphatic carbocycles. The molecule has 2 N–H and O–H groups in total. The molecule has 0 aliphatic heterocycles. The molecule has 0 fully saturated rings. The smallest absolute Gasteiger partial charge is 0.323 e. The van der Waals surface area contributed by atoms with Crippen LogP contribution < -0.4 is 10.9 Å². The van der Waals surface area contributed by atoms with Gasteiger partial charge in [0.1, 0.15) is 10.5 Å². The predicted octanol–water partition coefficient (Wildman–Crippen LogP) is 1.06. The van der Waals surface area contributed by atoms with Gasteiger partial charge >= 0.3 is 5.97 Å². The molecule has 1 unspecified atom stereocenters. The second-order valence-corrected chi connectivity index (χ2v) is 6.01. The Hall–Kier alpha value is -1.80. The Morgan fingerprint density at radius 1 is 1.52 bits per heavy atom. The Kier molecular flexibility index (Phi) is 4.38. The third kappa shape index (κ3) is 3.11. The minimum absolute atomic E-state index is 0.224. The maximum atomic E-state index is 12.0. The van der Waals surface area contributed by atoms with E-state index in [2.05, 4.69) is 15.4 Å². The molecule has 0 saturated heterocycles. The predicted molar refractivity (Wildman–Crippen MR) is 79.7 cm³/mol. The van der Waals surface area contributed by atoms with Gasteiger partial charge in [0.2, 0.25) is 4.96 Å². The molecule has 0 aromatic carbocycles. The number of hydrogen-bond donors (Lipinski definition) is 2. The van der Waals surface area contributed by atoms with E-state index in [9.17, 15) is 14.7 Å².